The maximum Gasteiger partial charge on any atom is 0.324 e. The van der Waals surface area contributed by atoms with Crippen LogP contribution in [-0.4, -0.2) is 59.3 Å². The summed E-state index contributed by atoms with van der Waals surface area (Å²) in [7, 11) is 2.99. The number of carboxylic acid groups (broad SMARTS) is 1. The summed E-state index contributed by atoms with van der Waals surface area (Å²) in [6.45, 7) is 3.61. The Bertz CT molecular complexity index is 283. The minimum atomic E-state index is -0.886. The summed E-state index contributed by atoms with van der Waals surface area (Å²) in [6, 6.07) is -0.740. The van der Waals surface area contributed by atoms with E-state index in [1.165, 1.54) is 18.9 Å². The number of methoxy groups -OCH3 is 1. The number of rotatable bonds is 7. The number of thioether (sulfide) groups is 1. The number of carboxylic acids is 1. The minimum absolute atomic E-state index is 0.0451. The summed E-state index contributed by atoms with van der Waals surface area (Å²) in [5.41, 5.74) is 5.76. The van der Waals surface area contributed by atoms with E-state index in [1.807, 2.05) is 13.8 Å². The van der Waals surface area contributed by atoms with E-state index in [-0.39, 0.29) is 6.54 Å². The molecule has 17 heavy (non-hydrogen) atoms. The van der Waals surface area contributed by atoms with E-state index < -0.39 is 22.7 Å². The predicted octanol–water partition coefficient (Wildman–Crippen LogP) is -0.0276. The normalized spacial score (nSPS) is 13.5. The van der Waals surface area contributed by atoms with E-state index in [4.69, 9.17) is 10.8 Å². The molecule has 0 aliphatic carbocycles. The van der Waals surface area contributed by atoms with Crippen LogP contribution < -0.4 is 5.73 Å². The van der Waals surface area contributed by atoms with Gasteiger partial charge in [-0.2, -0.15) is 0 Å². The first-order valence-electron chi connectivity index (χ1n) is 5.08. The monoisotopic (exact) mass is 264 g/mol. The molecule has 0 aliphatic rings. The van der Waals surface area contributed by atoms with Crippen molar-refractivity contribution in [3.05, 3.63) is 0 Å². The van der Waals surface area contributed by atoms with Crippen molar-refractivity contribution in [2.75, 3.05) is 26.6 Å². The molecule has 6 nitrogen and oxygen atoms in total. The second-order valence-corrected chi connectivity index (χ2v) is 5.88. The van der Waals surface area contributed by atoms with Crippen molar-refractivity contribution >= 4 is 23.7 Å². The van der Waals surface area contributed by atoms with Crippen molar-refractivity contribution in [2.45, 2.75) is 24.6 Å². The molecule has 0 amide bonds. The first-order valence-corrected chi connectivity index (χ1v) is 6.07. The predicted molar refractivity (Wildman–Crippen MR) is 66.8 cm³/mol. The molecule has 0 spiro atoms. The Morgan fingerprint density at radius 1 is 1.53 bits per heavy atom. The number of aliphatic carboxylic acids is 1. The Kier molecular flexibility index (Phi) is 6.51. The van der Waals surface area contributed by atoms with Crippen molar-refractivity contribution in [2.24, 2.45) is 5.73 Å². The van der Waals surface area contributed by atoms with E-state index in [0.29, 0.717) is 5.88 Å². The molecular formula is C10H20N2O4S. The van der Waals surface area contributed by atoms with Gasteiger partial charge >= 0.3 is 11.9 Å². The topological polar surface area (TPSA) is 92.9 Å². The first-order chi connectivity index (χ1) is 7.70. The van der Waals surface area contributed by atoms with Crippen LogP contribution in [0.15, 0.2) is 0 Å². The Labute approximate surface area is 105 Å². The number of carbonyl (C=O) groups excluding carboxylic acids is 1. The highest BCUT2D eigenvalue weighted by molar-refractivity contribution is 8.00. The number of hydrogen-bond donors (Lipinski definition) is 2. The summed E-state index contributed by atoms with van der Waals surface area (Å²) in [5.74, 6) is -0.879. The highest BCUT2D eigenvalue weighted by Gasteiger charge is 2.33. The lowest BCUT2D eigenvalue weighted by Gasteiger charge is -2.30. The van der Waals surface area contributed by atoms with Gasteiger partial charge in [0.25, 0.3) is 0 Å². The molecule has 0 aromatic heterocycles. The average Bonchev–Trinajstić information content (AvgIpc) is 2.23. The molecule has 0 aliphatic heterocycles. The summed E-state index contributed by atoms with van der Waals surface area (Å²) >= 11 is 1.42. The van der Waals surface area contributed by atoms with Gasteiger partial charge in [0.05, 0.1) is 13.7 Å². The van der Waals surface area contributed by atoms with Crippen LogP contribution in [0.1, 0.15) is 13.8 Å². The number of likely N-dealkylation sites (N-methyl/N-ethyl adjacent to an activating group) is 1. The third-order valence-electron chi connectivity index (χ3n) is 2.27. The van der Waals surface area contributed by atoms with Gasteiger partial charge in [0, 0.05) is 10.6 Å². The van der Waals surface area contributed by atoms with E-state index >= 15 is 0 Å². The first kappa shape index (κ1) is 16.2. The van der Waals surface area contributed by atoms with Gasteiger partial charge in [-0.3, -0.25) is 14.5 Å². The van der Waals surface area contributed by atoms with Crippen LogP contribution in [-0.2, 0) is 14.3 Å². The molecule has 0 unspecified atom stereocenters. The van der Waals surface area contributed by atoms with Gasteiger partial charge in [0.1, 0.15) is 6.04 Å². The van der Waals surface area contributed by atoms with Gasteiger partial charge in [-0.25, -0.2) is 0 Å². The van der Waals surface area contributed by atoms with E-state index in [1.54, 1.807) is 11.9 Å². The Morgan fingerprint density at radius 3 is 2.47 bits per heavy atom. The molecule has 0 bridgehead atoms. The van der Waals surface area contributed by atoms with Gasteiger partial charge in [0.2, 0.25) is 0 Å². The molecule has 0 heterocycles. The van der Waals surface area contributed by atoms with E-state index in [0.717, 1.165) is 0 Å². The lowest BCUT2D eigenvalue weighted by molar-refractivity contribution is -0.142. The Hall–Kier alpha value is -0.790. The largest absolute Gasteiger partial charge is 0.480 e. The number of hydrogen-bond acceptors (Lipinski definition) is 6. The van der Waals surface area contributed by atoms with E-state index in [9.17, 15) is 9.59 Å². The lowest BCUT2D eigenvalue weighted by Crippen LogP contribution is -2.48. The molecule has 0 radical (unpaired) electrons. The smallest absolute Gasteiger partial charge is 0.324 e. The van der Waals surface area contributed by atoms with Crippen LogP contribution in [0.5, 0.6) is 0 Å². The van der Waals surface area contributed by atoms with Gasteiger partial charge in [-0.15, -0.1) is 11.8 Å². The fourth-order valence-electron chi connectivity index (χ4n) is 1.05. The van der Waals surface area contributed by atoms with Crippen LogP contribution in [0.2, 0.25) is 0 Å². The molecule has 0 saturated heterocycles. The summed E-state index contributed by atoms with van der Waals surface area (Å²) in [6.07, 6.45) is 0. The standard InChI is InChI=1S/C10H20N2O4S/c1-10(2,8(11)9(15)16-4)17-6-12(3)5-7(13)14/h8H,5-6,11H2,1-4H3,(H,13,14)/t8-/m0/s1. The Balaban J connectivity index is 4.25. The number of esters is 1. The zero-order valence-electron chi connectivity index (χ0n) is 10.6. The van der Waals surface area contributed by atoms with E-state index in [2.05, 4.69) is 4.74 Å². The van der Waals surface area contributed by atoms with Crippen molar-refractivity contribution in [3.63, 3.8) is 0 Å². The maximum atomic E-state index is 11.3. The van der Waals surface area contributed by atoms with Crippen LogP contribution in [0, 0.1) is 0 Å². The lowest BCUT2D eigenvalue weighted by atomic mass is 10.1. The van der Waals surface area contributed by atoms with Crippen LogP contribution in [0.25, 0.3) is 0 Å². The molecule has 0 saturated carbocycles. The molecule has 0 aromatic rings. The van der Waals surface area contributed by atoms with Crippen molar-refractivity contribution < 1.29 is 19.4 Å². The van der Waals surface area contributed by atoms with Crippen molar-refractivity contribution in [1.82, 2.24) is 4.90 Å². The molecule has 100 valence electrons. The fourth-order valence-corrected chi connectivity index (χ4v) is 1.97. The zero-order chi connectivity index (χ0) is 13.6. The van der Waals surface area contributed by atoms with Gasteiger partial charge in [-0.1, -0.05) is 0 Å². The third kappa shape index (κ3) is 5.90. The summed E-state index contributed by atoms with van der Waals surface area (Å²) in [4.78, 5) is 23.4. The fraction of sp³-hybridized carbons (Fsp3) is 0.800. The molecule has 3 N–H and O–H groups in total. The summed E-state index contributed by atoms with van der Waals surface area (Å²) < 4.78 is 4.07. The molecule has 0 aromatic carbocycles. The second-order valence-electron chi connectivity index (χ2n) is 4.29. The quantitative estimate of drug-likeness (QED) is 0.493. The van der Waals surface area contributed by atoms with Crippen LogP contribution in [0.3, 0.4) is 0 Å². The summed E-state index contributed by atoms with van der Waals surface area (Å²) in [5, 5.41) is 8.60. The molecule has 0 fully saturated rings. The Morgan fingerprint density at radius 2 is 2.06 bits per heavy atom. The van der Waals surface area contributed by atoms with Gasteiger partial charge in [0.15, 0.2) is 0 Å². The number of nitrogens with zero attached hydrogens (tertiary/aromatic N) is 1. The molecule has 0 rings (SSSR count). The number of nitrogens with two attached hydrogens (primary N) is 1. The highest BCUT2D eigenvalue weighted by atomic mass is 32.2. The third-order valence-corrected chi connectivity index (χ3v) is 3.83. The minimum Gasteiger partial charge on any atom is -0.480 e. The van der Waals surface area contributed by atoms with Crippen LogP contribution >= 0.6 is 11.8 Å². The number of ether oxygens (including phenoxy) is 1. The zero-order valence-corrected chi connectivity index (χ0v) is 11.4. The van der Waals surface area contributed by atoms with Crippen molar-refractivity contribution in [3.8, 4) is 0 Å². The molecule has 7 heteroatoms. The van der Waals surface area contributed by atoms with Gasteiger partial charge in [-0.05, 0) is 20.9 Å². The molecular weight excluding hydrogens is 244 g/mol. The molecule has 1 atom stereocenters. The average molecular weight is 264 g/mol. The SMILES string of the molecule is COC(=O)[C@H](N)C(C)(C)SCN(C)CC(=O)O. The number of carbonyl (C=O) groups is 2. The maximum absolute atomic E-state index is 11.3. The second kappa shape index (κ2) is 6.83. The van der Waals surface area contributed by atoms with Crippen molar-refractivity contribution in [1.29, 1.82) is 0 Å². The van der Waals surface area contributed by atoms with Gasteiger partial charge < -0.3 is 15.6 Å². The van der Waals surface area contributed by atoms with Crippen LogP contribution in [0.4, 0.5) is 0 Å². The highest BCUT2D eigenvalue weighted by Crippen LogP contribution is 2.28.